The van der Waals surface area contributed by atoms with Crippen molar-refractivity contribution < 1.29 is 14.3 Å². The van der Waals surface area contributed by atoms with Crippen LogP contribution in [-0.2, 0) is 4.79 Å². The minimum atomic E-state index is -0.367. The van der Waals surface area contributed by atoms with E-state index in [2.05, 4.69) is 20.4 Å². The third-order valence-corrected chi connectivity index (χ3v) is 4.78. The molecule has 0 unspecified atom stereocenters. The fourth-order valence-corrected chi connectivity index (χ4v) is 3.47. The number of hydrogen-bond donors (Lipinski definition) is 2. The van der Waals surface area contributed by atoms with Crippen molar-refractivity contribution in [1.82, 2.24) is 24.6 Å². The predicted octanol–water partition coefficient (Wildman–Crippen LogP) is 1.85. The van der Waals surface area contributed by atoms with E-state index < -0.39 is 0 Å². The average molecular weight is 396 g/mol. The molecule has 1 aliphatic rings. The Morgan fingerprint density at radius 2 is 2.10 bits per heavy atom. The fourth-order valence-electron chi connectivity index (χ4n) is 3.47. The summed E-state index contributed by atoms with van der Waals surface area (Å²) in [7, 11) is 0. The number of carbonyl (C=O) groups excluding carboxylic acids is 1. The number of β-amino-alcohol motifs (C(OH)–C–C–N with tert-alkyl or cyclic N) is 1. The average Bonchev–Trinajstić information content (AvgIpc) is 3.35. The highest BCUT2D eigenvalue weighted by atomic mass is 16.3. The molecule has 0 saturated carbocycles. The van der Waals surface area contributed by atoms with E-state index in [1.54, 1.807) is 16.8 Å². The Hall–Kier alpha value is -3.04. The van der Waals surface area contributed by atoms with Gasteiger partial charge in [0.2, 0.25) is 5.91 Å². The molecule has 3 aromatic rings. The number of nitrogens with zero attached hydrogens (tertiary/aromatic N) is 5. The number of aryl methyl sites for hydroxylation is 3. The zero-order valence-electron chi connectivity index (χ0n) is 16.7. The second-order valence-electron chi connectivity index (χ2n) is 7.41. The SMILES string of the molecule is Cc1cc(C)n(-c2cc(NC(=O)CN3CC[C@H](O)C3)nc(-c3ccc(C)o3)n2)n1. The number of amides is 1. The number of carbonyl (C=O) groups is 1. The third kappa shape index (κ3) is 4.36. The van der Waals surface area contributed by atoms with Gasteiger partial charge in [-0.15, -0.1) is 0 Å². The lowest BCUT2D eigenvalue weighted by Crippen LogP contribution is -2.32. The van der Waals surface area contributed by atoms with Crippen LogP contribution in [0.5, 0.6) is 0 Å². The molecule has 9 nitrogen and oxygen atoms in total. The smallest absolute Gasteiger partial charge is 0.239 e. The van der Waals surface area contributed by atoms with Gasteiger partial charge in [-0.3, -0.25) is 9.69 Å². The molecule has 2 N–H and O–H groups in total. The molecule has 1 atom stereocenters. The number of aromatic nitrogens is 4. The Kier molecular flexibility index (Phi) is 5.16. The van der Waals surface area contributed by atoms with Gasteiger partial charge in [-0.2, -0.15) is 5.10 Å². The Morgan fingerprint density at radius 1 is 1.28 bits per heavy atom. The van der Waals surface area contributed by atoms with Gasteiger partial charge in [-0.05, 0) is 45.4 Å². The van der Waals surface area contributed by atoms with Gasteiger partial charge >= 0.3 is 0 Å². The maximum Gasteiger partial charge on any atom is 0.239 e. The van der Waals surface area contributed by atoms with Gasteiger partial charge in [0.05, 0.1) is 18.3 Å². The van der Waals surface area contributed by atoms with Crippen LogP contribution in [0.3, 0.4) is 0 Å². The van der Waals surface area contributed by atoms with E-state index in [0.29, 0.717) is 42.7 Å². The van der Waals surface area contributed by atoms with Crippen molar-refractivity contribution in [1.29, 1.82) is 0 Å². The van der Waals surface area contributed by atoms with Crippen LogP contribution in [-0.4, -0.2) is 61.4 Å². The molecule has 4 heterocycles. The summed E-state index contributed by atoms with van der Waals surface area (Å²) in [5, 5.41) is 17.0. The van der Waals surface area contributed by atoms with E-state index in [-0.39, 0.29) is 18.6 Å². The molecule has 9 heteroatoms. The zero-order valence-corrected chi connectivity index (χ0v) is 16.7. The number of aliphatic hydroxyl groups is 1. The molecule has 1 fully saturated rings. The molecular weight excluding hydrogens is 372 g/mol. The van der Waals surface area contributed by atoms with Crippen LogP contribution in [0, 0.1) is 20.8 Å². The summed E-state index contributed by atoms with van der Waals surface area (Å²) >= 11 is 0. The second-order valence-corrected chi connectivity index (χ2v) is 7.41. The van der Waals surface area contributed by atoms with Gasteiger partial charge in [0.15, 0.2) is 17.4 Å². The van der Waals surface area contributed by atoms with E-state index in [4.69, 9.17) is 4.42 Å². The van der Waals surface area contributed by atoms with Crippen molar-refractivity contribution >= 4 is 11.7 Å². The van der Waals surface area contributed by atoms with Crippen molar-refractivity contribution in [2.75, 3.05) is 25.0 Å². The molecular formula is C20H24N6O3. The lowest BCUT2D eigenvalue weighted by atomic mass is 10.3. The standard InChI is InChI=1S/C20H24N6O3/c1-12-8-13(2)26(24-12)18-9-17(21-19(28)11-25-7-6-15(27)10-25)22-20(23-18)16-5-4-14(3)29-16/h4-5,8-9,15,27H,6-7,10-11H2,1-3H3,(H,21,22,23,28)/t15-/m0/s1. The molecule has 152 valence electrons. The first-order chi connectivity index (χ1) is 13.9. The molecule has 0 aliphatic carbocycles. The summed E-state index contributed by atoms with van der Waals surface area (Å²) in [4.78, 5) is 23.5. The molecule has 4 rings (SSSR count). The van der Waals surface area contributed by atoms with E-state index >= 15 is 0 Å². The molecule has 0 bridgehead atoms. The predicted molar refractivity (Wildman–Crippen MR) is 107 cm³/mol. The van der Waals surface area contributed by atoms with E-state index in [0.717, 1.165) is 17.1 Å². The summed E-state index contributed by atoms with van der Waals surface area (Å²) in [6.45, 7) is 7.11. The molecule has 1 saturated heterocycles. The summed E-state index contributed by atoms with van der Waals surface area (Å²) in [6, 6.07) is 7.28. The molecule has 0 spiro atoms. The summed E-state index contributed by atoms with van der Waals surface area (Å²) in [6.07, 6.45) is 0.318. The first kappa shape index (κ1) is 19.3. The molecule has 29 heavy (non-hydrogen) atoms. The Morgan fingerprint density at radius 3 is 2.72 bits per heavy atom. The van der Waals surface area contributed by atoms with Crippen molar-refractivity contribution in [2.45, 2.75) is 33.3 Å². The van der Waals surface area contributed by atoms with Gasteiger partial charge in [-0.1, -0.05) is 0 Å². The van der Waals surface area contributed by atoms with Gasteiger partial charge in [0.25, 0.3) is 0 Å². The lowest BCUT2D eigenvalue weighted by Gasteiger charge is -2.15. The molecule has 1 amide bonds. The number of hydrogen-bond acceptors (Lipinski definition) is 7. The summed E-state index contributed by atoms with van der Waals surface area (Å²) in [5.74, 6) is 2.36. The van der Waals surface area contributed by atoms with Crippen molar-refractivity contribution in [3.05, 3.63) is 41.4 Å². The number of likely N-dealkylation sites (tertiary alicyclic amines) is 1. The van der Waals surface area contributed by atoms with Crippen LogP contribution in [0.2, 0.25) is 0 Å². The number of anilines is 1. The van der Waals surface area contributed by atoms with Crippen LogP contribution in [0.15, 0.2) is 28.7 Å². The lowest BCUT2D eigenvalue weighted by molar-refractivity contribution is -0.117. The van der Waals surface area contributed by atoms with Crippen LogP contribution in [0.4, 0.5) is 5.82 Å². The van der Waals surface area contributed by atoms with Crippen LogP contribution in [0.1, 0.15) is 23.6 Å². The van der Waals surface area contributed by atoms with Crippen molar-refractivity contribution in [3.63, 3.8) is 0 Å². The number of nitrogens with one attached hydrogen (secondary N) is 1. The van der Waals surface area contributed by atoms with Gasteiger partial charge in [0.1, 0.15) is 11.6 Å². The van der Waals surface area contributed by atoms with Crippen LogP contribution in [0.25, 0.3) is 17.4 Å². The molecule has 0 radical (unpaired) electrons. The summed E-state index contributed by atoms with van der Waals surface area (Å²) in [5.41, 5.74) is 1.79. The monoisotopic (exact) mass is 396 g/mol. The highest BCUT2D eigenvalue weighted by Gasteiger charge is 2.22. The number of rotatable bonds is 5. The van der Waals surface area contributed by atoms with Gasteiger partial charge in [-0.25, -0.2) is 14.6 Å². The highest BCUT2D eigenvalue weighted by Crippen LogP contribution is 2.23. The Labute approximate surface area is 168 Å². The van der Waals surface area contributed by atoms with Crippen LogP contribution >= 0.6 is 0 Å². The minimum absolute atomic E-state index is 0.196. The fraction of sp³-hybridized carbons (Fsp3) is 0.400. The van der Waals surface area contributed by atoms with E-state index in [9.17, 15) is 9.90 Å². The Balaban J connectivity index is 1.64. The maximum absolute atomic E-state index is 12.5. The molecule has 3 aromatic heterocycles. The minimum Gasteiger partial charge on any atom is -0.458 e. The first-order valence-corrected chi connectivity index (χ1v) is 9.57. The quantitative estimate of drug-likeness (QED) is 0.677. The largest absolute Gasteiger partial charge is 0.458 e. The van der Waals surface area contributed by atoms with E-state index in [1.807, 2.05) is 37.8 Å². The van der Waals surface area contributed by atoms with Crippen molar-refractivity contribution in [2.24, 2.45) is 0 Å². The number of furan rings is 1. The summed E-state index contributed by atoms with van der Waals surface area (Å²) < 4.78 is 7.38. The zero-order chi connectivity index (χ0) is 20.5. The van der Waals surface area contributed by atoms with Crippen molar-refractivity contribution in [3.8, 4) is 17.4 Å². The molecule has 0 aromatic carbocycles. The van der Waals surface area contributed by atoms with E-state index in [1.165, 1.54) is 0 Å². The second kappa shape index (κ2) is 7.76. The maximum atomic E-state index is 12.5. The molecule has 1 aliphatic heterocycles. The van der Waals surface area contributed by atoms with Gasteiger partial charge in [0, 0.05) is 24.8 Å². The topological polar surface area (TPSA) is 109 Å². The van der Waals surface area contributed by atoms with Crippen LogP contribution < -0.4 is 5.32 Å². The Bertz CT molecular complexity index is 1040. The third-order valence-electron chi connectivity index (χ3n) is 4.78. The highest BCUT2D eigenvalue weighted by molar-refractivity contribution is 5.91. The first-order valence-electron chi connectivity index (χ1n) is 9.57. The normalized spacial score (nSPS) is 17.0. The number of aliphatic hydroxyl groups excluding tert-OH is 1. The van der Waals surface area contributed by atoms with Gasteiger partial charge < -0.3 is 14.8 Å².